The van der Waals surface area contributed by atoms with Gasteiger partial charge in [0.25, 0.3) is 0 Å². The third-order valence-electron chi connectivity index (χ3n) is 2.21. The highest BCUT2D eigenvalue weighted by Crippen LogP contribution is 2.19. The molecule has 1 aromatic rings. The van der Waals surface area contributed by atoms with Gasteiger partial charge in [-0.15, -0.1) is 0 Å². The highest BCUT2D eigenvalue weighted by atomic mass is 16.7. The molecule has 0 heterocycles. The van der Waals surface area contributed by atoms with Gasteiger partial charge in [0, 0.05) is 6.08 Å². The summed E-state index contributed by atoms with van der Waals surface area (Å²) in [5.74, 6) is -0.489. The number of carbonyl (C=O) groups is 2. The smallest absolute Gasteiger partial charge is 0.463 e. The maximum Gasteiger partial charge on any atom is 0.508 e. The quantitative estimate of drug-likeness (QED) is 0.604. The van der Waals surface area contributed by atoms with Crippen LogP contribution in [0.3, 0.4) is 0 Å². The fourth-order valence-corrected chi connectivity index (χ4v) is 1.37. The van der Waals surface area contributed by atoms with Gasteiger partial charge in [0.05, 0.1) is 13.7 Å². The average Bonchev–Trinajstić information content (AvgIpc) is 2.44. The van der Waals surface area contributed by atoms with E-state index >= 15 is 0 Å². The van der Waals surface area contributed by atoms with Gasteiger partial charge in [-0.05, 0) is 18.6 Å². The summed E-state index contributed by atoms with van der Waals surface area (Å²) in [7, 11) is 1.22. The molecule has 19 heavy (non-hydrogen) atoms. The molecule has 102 valence electrons. The molecule has 0 saturated carbocycles. The van der Waals surface area contributed by atoms with Crippen LogP contribution in [0, 0.1) is 0 Å². The largest absolute Gasteiger partial charge is 0.508 e. The lowest BCUT2D eigenvalue weighted by Crippen LogP contribution is -2.10. The number of carbonyl (C=O) groups excluding carboxylic acids is 2. The van der Waals surface area contributed by atoms with Gasteiger partial charge < -0.3 is 14.2 Å². The minimum atomic E-state index is -0.817. The second-order valence-corrected chi connectivity index (χ2v) is 3.51. The summed E-state index contributed by atoms with van der Waals surface area (Å²) >= 11 is 0. The van der Waals surface area contributed by atoms with E-state index in [-0.39, 0.29) is 6.61 Å². The van der Waals surface area contributed by atoms with Crippen LogP contribution in [0.5, 0.6) is 0 Å². The Morgan fingerprint density at radius 1 is 1.26 bits per heavy atom. The predicted molar refractivity (Wildman–Crippen MR) is 68.4 cm³/mol. The summed E-state index contributed by atoms with van der Waals surface area (Å²) in [6.45, 7) is 2.00. The monoisotopic (exact) mass is 264 g/mol. The molecule has 1 aromatic carbocycles. The normalized spacial score (nSPS) is 11.9. The molecule has 0 aliphatic carbocycles. The van der Waals surface area contributed by atoms with Crippen molar-refractivity contribution in [2.45, 2.75) is 13.0 Å². The molecule has 1 atom stereocenters. The van der Waals surface area contributed by atoms with Gasteiger partial charge in [-0.1, -0.05) is 30.3 Å². The molecule has 1 unspecified atom stereocenters. The molecule has 0 bridgehead atoms. The van der Waals surface area contributed by atoms with E-state index in [9.17, 15) is 9.59 Å². The maximum absolute atomic E-state index is 11.3. The van der Waals surface area contributed by atoms with Gasteiger partial charge >= 0.3 is 12.1 Å². The lowest BCUT2D eigenvalue weighted by atomic mass is 10.1. The Labute approximate surface area is 111 Å². The van der Waals surface area contributed by atoms with Crippen molar-refractivity contribution in [3.63, 3.8) is 0 Å². The number of hydrogen-bond acceptors (Lipinski definition) is 5. The van der Waals surface area contributed by atoms with Crippen molar-refractivity contribution in [3.05, 3.63) is 48.0 Å². The van der Waals surface area contributed by atoms with Crippen LogP contribution in [0.15, 0.2) is 42.5 Å². The first kappa shape index (κ1) is 14.8. The van der Waals surface area contributed by atoms with Gasteiger partial charge in [-0.3, -0.25) is 0 Å². The predicted octanol–water partition coefficient (Wildman–Crippen LogP) is 2.63. The fraction of sp³-hybridized carbons (Fsp3) is 0.286. The molecule has 0 aromatic heterocycles. The van der Waals surface area contributed by atoms with Crippen molar-refractivity contribution in [1.82, 2.24) is 0 Å². The number of methoxy groups -OCH3 is 1. The molecule has 0 spiro atoms. The van der Waals surface area contributed by atoms with Crippen LogP contribution in [0.2, 0.25) is 0 Å². The van der Waals surface area contributed by atoms with Crippen molar-refractivity contribution in [3.8, 4) is 0 Å². The van der Waals surface area contributed by atoms with E-state index in [4.69, 9.17) is 9.47 Å². The topological polar surface area (TPSA) is 61.8 Å². The number of rotatable bonds is 5. The molecule has 0 amide bonds. The summed E-state index contributed by atoms with van der Waals surface area (Å²) in [6, 6.07) is 9.02. The molecule has 1 rings (SSSR count). The first-order valence-electron chi connectivity index (χ1n) is 5.82. The van der Waals surface area contributed by atoms with Crippen LogP contribution in [0.1, 0.15) is 18.6 Å². The molecule has 0 fully saturated rings. The third kappa shape index (κ3) is 5.25. The second kappa shape index (κ2) is 7.92. The molecule has 5 heteroatoms. The average molecular weight is 264 g/mol. The highest BCUT2D eigenvalue weighted by Gasteiger charge is 2.14. The van der Waals surface area contributed by atoms with Crippen LogP contribution < -0.4 is 0 Å². The van der Waals surface area contributed by atoms with E-state index in [1.54, 1.807) is 31.2 Å². The minimum Gasteiger partial charge on any atom is -0.463 e. The van der Waals surface area contributed by atoms with Crippen LogP contribution in [0.4, 0.5) is 4.79 Å². The highest BCUT2D eigenvalue weighted by molar-refractivity contribution is 5.82. The zero-order valence-corrected chi connectivity index (χ0v) is 10.9. The van der Waals surface area contributed by atoms with E-state index in [1.807, 2.05) is 6.07 Å². The van der Waals surface area contributed by atoms with E-state index in [0.717, 1.165) is 5.56 Å². The van der Waals surface area contributed by atoms with Crippen molar-refractivity contribution in [2.24, 2.45) is 0 Å². The third-order valence-corrected chi connectivity index (χ3v) is 2.21. The minimum absolute atomic E-state index is 0.289. The van der Waals surface area contributed by atoms with Gasteiger partial charge in [0.15, 0.2) is 0 Å². The van der Waals surface area contributed by atoms with Crippen LogP contribution in [-0.2, 0) is 19.0 Å². The molecule has 5 nitrogen and oxygen atoms in total. The first-order chi connectivity index (χ1) is 9.17. The lowest BCUT2D eigenvalue weighted by Gasteiger charge is -2.13. The maximum atomic E-state index is 11.3. The molecular weight excluding hydrogens is 248 g/mol. The second-order valence-electron chi connectivity index (χ2n) is 3.51. The molecule has 0 radical (unpaired) electrons. The van der Waals surface area contributed by atoms with Crippen LogP contribution in [0.25, 0.3) is 0 Å². The van der Waals surface area contributed by atoms with Crippen LogP contribution in [-0.4, -0.2) is 25.8 Å². The van der Waals surface area contributed by atoms with Crippen molar-refractivity contribution >= 4 is 12.1 Å². The Hall–Kier alpha value is -2.30. The van der Waals surface area contributed by atoms with Crippen molar-refractivity contribution in [2.75, 3.05) is 13.7 Å². The van der Waals surface area contributed by atoms with Gasteiger partial charge in [-0.2, -0.15) is 0 Å². The Kier molecular flexibility index (Phi) is 6.15. The number of esters is 1. The standard InChI is InChI=1S/C14H16O5/c1-3-18-13(15)10-9-12(19-14(16)17-2)11-7-5-4-6-8-11/h4-10,12H,3H2,1-2H3/b10-9+. The van der Waals surface area contributed by atoms with Gasteiger partial charge in [-0.25, -0.2) is 9.59 Å². The van der Waals surface area contributed by atoms with Crippen molar-refractivity contribution < 1.29 is 23.8 Å². The van der Waals surface area contributed by atoms with Crippen molar-refractivity contribution in [1.29, 1.82) is 0 Å². The first-order valence-corrected chi connectivity index (χ1v) is 5.82. The van der Waals surface area contributed by atoms with E-state index in [1.165, 1.54) is 19.3 Å². The summed E-state index contributed by atoms with van der Waals surface area (Å²) in [5.41, 5.74) is 0.730. The molecular formula is C14H16O5. The van der Waals surface area contributed by atoms with E-state index in [2.05, 4.69) is 4.74 Å². The Morgan fingerprint density at radius 2 is 1.95 bits per heavy atom. The molecule has 0 saturated heterocycles. The Bertz CT molecular complexity index is 438. The summed E-state index contributed by atoms with van der Waals surface area (Å²) < 4.78 is 14.3. The number of hydrogen-bond donors (Lipinski definition) is 0. The summed E-state index contributed by atoms with van der Waals surface area (Å²) in [4.78, 5) is 22.4. The fourth-order valence-electron chi connectivity index (χ4n) is 1.37. The van der Waals surface area contributed by atoms with E-state index < -0.39 is 18.2 Å². The molecule has 0 N–H and O–H groups in total. The lowest BCUT2D eigenvalue weighted by molar-refractivity contribution is -0.137. The molecule has 0 aliphatic rings. The summed E-state index contributed by atoms with van der Waals surface area (Å²) in [5, 5.41) is 0. The van der Waals surface area contributed by atoms with Gasteiger partial charge in [0.1, 0.15) is 6.10 Å². The zero-order valence-electron chi connectivity index (χ0n) is 10.9. The van der Waals surface area contributed by atoms with Gasteiger partial charge in [0.2, 0.25) is 0 Å². The van der Waals surface area contributed by atoms with E-state index in [0.29, 0.717) is 0 Å². The Morgan fingerprint density at radius 3 is 2.53 bits per heavy atom. The summed E-state index contributed by atoms with van der Waals surface area (Å²) in [6.07, 6.45) is 1.16. The Balaban J connectivity index is 2.81. The zero-order chi connectivity index (χ0) is 14.1. The molecule has 0 aliphatic heterocycles. The van der Waals surface area contributed by atoms with Crippen LogP contribution >= 0.6 is 0 Å². The number of benzene rings is 1. The SMILES string of the molecule is CCOC(=O)/C=C/C(OC(=O)OC)c1ccccc1. The number of ether oxygens (including phenoxy) is 3.